The summed E-state index contributed by atoms with van der Waals surface area (Å²) >= 11 is 0. The average molecular weight is 382 g/mol. The molecule has 0 saturated carbocycles. The second-order valence-corrected chi connectivity index (χ2v) is 5.87. The highest BCUT2D eigenvalue weighted by atomic mass is 19.1. The number of para-hydroxylation sites is 1. The summed E-state index contributed by atoms with van der Waals surface area (Å²) in [6.07, 6.45) is 1.60. The van der Waals surface area contributed by atoms with Crippen molar-refractivity contribution >= 4 is 17.5 Å². The number of carbonyl (C=O) groups excluding carboxylic acids is 2. The Morgan fingerprint density at radius 1 is 1.07 bits per heavy atom. The van der Waals surface area contributed by atoms with E-state index in [0.717, 1.165) is 0 Å². The number of halogens is 1. The molecule has 28 heavy (non-hydrogen) atoms. The van der Waals surface area contributed by atoms with Crippen LogP contribution >= 0.6 is 0 Å². The zero-order chi connectivity index (χ0) is 19.9. The van der Waals surface area contributed by atoms with Gasteiger partial charge in [-0.2, -0.15) is 5.10 Å². The first-order valence-corrected chi connectivity index (χ1v) is 8.57. The predicted octanol–water partition coefficient (Wildman–Crippen LogP) is 2.64. The first-order valence-electron chi connectivity index (χ1n) is 8.57. The van der Waals surface area contributed by atoms with E-state index in [1.165, 1.54) is 16.8 Å². The van der Waals surface area contributed by atoms with Crippen LogP contribution in [-0.2, 0) is 4.74 Å². The molecule has 0 bridgehead atoms. The van der Waals surface area contributed by atoms with Crippen molar-refractivity contribution in [2.45, 2.75) is 0 Å². The Balaban J connectivity index is 1.73. The lowest BCUT2D eigenvalue weighted by atomic mass is 10.1. The predicted molar refractivity (Wildman–Crippen MR) is 102 cm³/mol. The van der Waals surface area contributed by atoms with E-state index >= 15 is 0 Å². The molecule has 3 rings (SSSR count). The maximum atomic E-state index is 13.0. The Labute approximate surface area is 161 Å². The normalized spacial score (nSPS) is 10.5. The van der Waals surface area contributed by atoms with Crippen molar-refractivity contribution in [3.05, 3.63) is 77.9 Å². The fraction of sp³-hybridized carbons (Fsp3) is 0.150. The lowest BCUT2D eigenvalue weighted by Crippen LogP contribution is -2.28. The van der Waals surface area contributed by atoms with Crippen molar-refractivity contribution < 1.29 is 18.7 Å². The van der Waals surface area contributed by atoms with E-state index in [1.54, 1.807) is 55.8 Å². The van der Waals surface area contributed by atoms with Gasteiger partial charge in [-0.1, -0.05) is 12.1 Å². The van der Waals surface area contributed by atoms with Gasteiger partial charge in [-0.3, -0.25) is 9.59 Å². The van der Waals surface area contributed by atoms with Gasteiger partial charge in [-0.05, 0) is 42.5 Å². The molecule has 0 unspecified atom stereocenters. The number of carbonyl (C=O) groups is 2. The van der Waals surface area contributed by atoms with Crippen molar-refractivity contribution in [2.75, 3.05) is 25.6 Å². The van der Waals surface area contributed by atoms with Gasteiger partial charge in [-0.25, -0.2) is 9.07 Å². The fourth-order valence-corrected chi connectivity index (χ4v) is 2.52. The molecule has 8 heteroatoms. The third kappa shape index (κ3) is 4.60. The monoisotopic (exact) mass is 382 g/mol. The highest BCUT2D eigenvalue weighted by Crippen LogP contribution is 2.16. The molecular weight excluding hydrogens is 363 g/mol. The van der Waals surface area contributed by atoms with Gasteiger partial charge < -0.3 is 15.4 Å². The van der Waals surface area contributed by atoms with E-state index in [0.29, 0.717) is 30.1 Å². The standard InChI is InChI=1S/C20H19FN4O3/c1-28-13-11-22-19(26)16-4-2-3-5-17(16)23-20(27)18-10-12-25(24-18)15-8-6-14(21)7-9-15/h2-10,12H,11,13H2,1H3,(H,22,26)(H,23,27). The van der Waals surface area contributed by atoms with Gasteiger partial charge in [0.1, 0.15) is 5.82 Å². The minimum Gasteiger partial charge on any atom is -0.383 e. The van der Waals surface area contributed by atoms with Crippen LogP contribution in [0, 0.1) is 5.82 Å². The van der Waals surface area contributed by atoms with Gasteiger partial charge in [0.25, 0.3) is 11.8 Å². The number of rotatable bonds is 7. The van der Waals surface area contributed by atoms with Crippen LogP contribution in [0.25, 0.3) is 5.69 Å². The summed E-state index contributed by atoms with van der Waals surface area (Å²) in [6.45, 7) is 0.751. The number of amides is 2. The first-order chi connectivity index (χ1) is 13.6. The second-order valence-electron chi connectivity index (χ2n) is 5.87. The highest BCUT2D eigenvalue weighted by molar-refractivity contribution is 6.08. The molecule has 0 aliphatic heterocycles. The van der Waals surface area contributed by atoms with E-state index < -0.39 is 5.91 Å². The molecule has 0 fully saturated rings. The Morgan fingerprint density at radius 2 is 1.82 bits per heavy atom. The number of aromatic nitrogens is 2. The van der Waals surface area contributed by atoms with Crippen LogP contribution in [0.5, 0.6) is 0 Å². The molecule has 7 nitrogen and oxygen atoms in total. The Morgan fingerprint density at radius 3 is 2.57 bits per heavy atom. The van der Waals surface area contributed by atoms with Gasteiger partial charge in [0, 0.05) is 19.9 Å². The lowest BCUT2D eigenvalue weighted by molar-refractivity contribution is 0.0938. The zero-order valence-corrected chi connectivity index (χ0v) is 15.2. The average Bonchev–Trinajstić information content (AvgIpc) is 3.19. The summed E-state index contributed by atoms with van der Waals surface area (Å²) in [4.78, 5) is 24.9. The van der Waals surface area contributed by atoms with Gasteiger partial charge in [0.15, 0.2) is 5.69 Å². The Bertz CT molecular complexity index is 970. The lowest BCUT2D eigenvalue weighted by Gasteiger charge is -2.10. The molecule has 0 saturated heterocycles. The summed E-state index contributed by atoms with van der Waals surface area (Å²) in [5, 5.41) is 9.63. The van der Waals surface area contributed by atoms with Crippen molar-refractivity contribution in [3.63, 3.8) is 0 Å². The SMILES string of the molecule is COCCNC(=O)c1ccccc1NC(=O)c1ccn(-c2ccc(F)cc2)n1. The second kappa shape index (κ2) is 8.92. The van der Waals surface area contributed by atoms with E-state index in [1.807, 2.05) is 0 Å². The summed E-state index contributed by atoms with van der Waals surface area (Å²) in [5.41, 5.74) is 1.50. The number of ether oxygens (including phenoxy) is 1. The number of nitrogens with zero attached hydrogens (tertiary/aromatic N) is 2. The molecule has 144 valence electrons. The molecule has 2 aromatic carbocycles. The molecule has 0 radical (unpaired) electrons. The van der Waals surface area contributed by atoms with E-state index in [4.69, 9.17) is 4.74 Å². The maximum absolute atomic E-state index is 13.0. The number of anilines is 1. The number of hydrogen-bond acceptors (Lipinski definition) is 4. The van der Waals surface area contributed by atoms with Crippen LogP contribution in [0.2, 0.25) is 0 Å². The van der Waals surface area contributed by atoms with Crippen LogP contribution in [-0.4, -0.2) is 41.9 Å². The molecule has 0 spiro atoms. The van der Waals surface area contributed by atoms with Crippen LogP contribution < -0.4 is 10.6 Å². The summed E-state index contributed by atoms with van der Waals surface area (Å²) in [5.74, 6) is -1.13. The fourth-order valence-electron chi connectivity index (χ4n) is 2.52. The smallest absolute Gasteiger partial charge is 0.276 e. The van der Waals surface area contributed by atoms with Gasteiger partial charge in [0.2, 0.25) is 0 Å². The van der Waals surface area contributed by atoms with E-state index in [9.17, 15) is 14.0 Å². The number of methoxy groups -OCH3 is 1. The molecule has 1 heterocycles. The van der Waals surface area contributed by atoms with Crippen LogP contribution in [0.15, 0.2) is 60.8 Å². The Hall–Kier alpha value is -3.52. The molecule has 2 amide bonds. The molecule has 3 aromatic rings. The molecule has 2 N–H and O–H groups in total. The minimum atomic E-state index is -0.460. The van der Waals surface area contributed by atoms with Crippen molar-refractivity contribution in [1.82, 2.24) is 15.1 Å². The quantitative estimate of drug-likeness (QED) is 0.615. The first kappa shape index (κ1) is 19.2. The topological polar surface area (TPSA) is 85.3 Å². The number of nitrogens with one attached hydrogen (secondary N) is 2. The van der Waals surface area contributed by atoms with Crippen molar-refractivity contribution in [3.8, 4) is 5.69 Å². The Kier molecular flexibility index (Phi) is 6.13. The molecular formula is C20H19FN4O3. The molecule has 1 aromatic heterocycles. The number of benzene rings is 2. The maximum Gasteiger partial charge on any atom is 0.276 e. The van der Waals surface area contributed by atoms with Gasteiger partial charge in [0.05, 0.1) is 23.5 Å². The van der Waals surface area contributed by atoms with Gasteiger partial charge >= 0.3 is 0 Å². The molecule has 0 aliphatic rings. The van der Waals surface area contributed by atoms with E-state index in [2.05, 4.69) is 15.7 Å². The summed E-state index contributed by atoms with van der Waals surface area (Å²) in [7, 11) is 1.55. The van der Waals surface area contributed by atoms with Crippen LogP contribution in [0.1, 0.15) is 20.8 Å². The summed E-state index contributed by atoms with van der Waals surface area (Å²) in [6, 6.07) is 14.0. The zero-order valence-electron chi connectivity index (χ0n) is 15.2. The van der Waals surface area contributed by atoms with Crippen molar-refractivity contribution in [1.29, 1.82) is 0 Å². The third-order valence-electron chi connectivity index (χ3n) is 3.92. The minimum absolute atomic E-state index is 0.166. The number of hydrogen-bond donors (Lipinski definition) is 2. The molecule has 0 atom stereocenters. The molecule has 0 aliphatic carbocycles. The van der Waals surface area contributed by atoms with Crippen molar-refractivity contribution in [2.24, 2.45) is 0 Å². The van der Waals surface area contributed by atoms with Gasteiger partial charge in [-0.15, -0.1) is 0 Å². The summed E-state index contributed by atoms with van der Waals surface area (Å²) < 4.78 is 19.4. The highest BCUT2D eigenvalue weighted by Gasteiger charge is 2.15. The third-order valence-corrected chi connectivity index (χ3v) is 3.92. The van der Waals surface area contributed by atoms with Crippen LogP contribution in [0.4, 0.5) is 10.1 Å². The van der Waals surface area contributed by atoms with Crippen LogP contribution in [0.3, 0.4) is 0 Å². The largest absolute Gasteiger partial charge is 0.383 e. The van der Waals surface area contributed by atoms with E-state index in [-0.39, 0.29) is 17.4 Å².